The third-order valence-electron chi connectivity index (χ3n) is 1.89. The molecule has 0 aliphatic rings. The summed E-state index contributed by atoms with van der Waals surface area (Å²) in [6.07, 6.45) is 0. The lowest BCUT2D eigenvalue weighted by atomic mass is 10.0. The summed E-state index contributed by atoms with van der Waals surface area (Å²) in [5.74, 6) is 0.0416. The largest absolute Gasteiger partial charge is 0.295 e. The second kappa shape index (κ2) is 3.88. The number of rotatable bonds is 1. The minimum atomic E-state index is 0.0416. The summed E-state index contributed by atoms with van der Waals surface area (Å²) in [5, 5.41) is 8.73. The maximum Gasteiger partial charge on any atom is 0.160 e. The lowest BCUT2D eigenvalue weighted by Gasteiger charge is -2.05. The predicted molar refractivity (Wildman–Crippen MR) is 58.6 cm³/mol. The number of carbonyl (C=O) groups excluding carboxylic acids is 1. The lowest BCUT2D eigenvalue weighted by Crippen LogP contribution is -1.99. The van der Waals surface area contributed by atoms with Gasteiger partial charge in [0.1, 0.15) is 6.07 Å². The summed E-state index contributed by atoms with van der Waals surface area (Å²) >= 11 is 2.09. The van der Waals surface area contributed by atoms with Crippen LogP contribution in [0.3, 0.4) is 0 Å². The molecule has 0 unspecified atom stereocenters. The first-order chi connectivity index (χ1) is 6.07. The van der Waals surface area contributed by atoms with Gasteiger partial charge in [-0.1, -0.05) is 0 Å². The maximum atomic E-state index is 11.1. The van der Waals surface area contributed by atoms with Gasteiger partial charge in [0.25, 0.3) is 0 Å². The molecule has 0 aromatic heterocycles. The minimum absolute atomic E-state index is 0.0416. The molecule has 3 heteroatoms. The number of carbonyl (C=O) groups is 1. The van der Waals surface area contributed by atoms with Crippen molar-refractivity contribution >= 4 is 28.4 Å². The van der Waals surface area contributed by atoms with Crippen LogP contribution < -0.4 is 0 Å². The van der Waals surface area contributed by atoms with Gasteiger partial charge >= 0.3 is 0 Å². The zero-order valence-corrected chi connectivity index (χ0v) is 9.55. The number of ketones is 1. The van der Waals surface area contributed by atoms with E-state index in [0.29, 0.717) is 11.1 Å². The van der Waals surface area contributed by atoms with E-state index in [4.69, 9.17) is 5.26 Å². The van der Waals surface area contributed by atoms with Gasteiger partial charge in [0.2, 0.25) is 0 Å². The molecule has 0 heterocycles. The molecule has 0 saturated carbocycles. The highest BCUT2D eigenvalue weighted by molar-refractivity contribution is 14.1. The van der Waals surface area contributed by atoms with Crippen LogP contribution in [-0.4, -0.2) is 5.78 Å². The van der Waals surface area contributed by atoms with Crippen molar-refractivity contribution in [1.29, 1.82) is 5.26 Å². The van der Waals surface area contributed by atoms with Crippen LogP contribution in [0.4, 0.5) is 0 Å². The molecule has 0 aliphatic heterocycles. The van der Waals surface area contributed by atoms with Gasteiger partial charge in [0.15, 0.2) is 5.78 Å². The molecule has 0 bridgehead atoms. The van der Waals surface area contributed by atoms with E-state index in [1.165, 1.54) is 6.92 Å². The summed E-state index contributed by atoms with van der Waals surface area (Å²) in [5.41, 5.74) is 2.22. The summed E-state index contributed by atoms with van der Waals surface area (Å²) in [6, 6.07) is 5.48. The van der Waals surface area contributed by atoms with Gasteiger partial charge in [-0.05, 0) is 54.1 Å². The highest BCUT2D eigenvalue weighted by Gasteiger charge is 2.09. The Kier molecular flexibility index (Phi) is 3.04. The summed E-state index contributed by atoms with van der Waals surface area (Å²) in [6.45, 7) is 3.39. The third-order valence-corrected chi connectivity index (χ3v) is 3.28. The van der Waals surface area contributed by atoms with Crippen LogP contribution in [0.5, 0.6) is 0 Å². The van der Waals surface area contributed by atoms with E-state index in [9.17, 15) is 4.79 Å². The minimum Gasteiger partial charge on any atom is -0.295 e. The molecule has 1 aromatic carbocycles. The van der Waals surface area contributed by atoms with Crippen molar-refractivity contribution in [1.82, 2.24) is 0 Å². The summed E-state index contributed by atoms with van der Waals surface area (Å²) < 4.78 is 0.868. The smallest absolute Gasteiger partial charge is 0.160 e. The first-order valence-corrected chi connectivity index (χ1v) is 4.86. The van der Waals surface area contributed by atoms with Gasteiger partial charge in [0.05, 0.1) is 5.56 Å². The van der Waals surface area contributed by atoms with Crippen LogP contribution in [0, 0.1) is 21.8 Å². The van der Waals surface area contributed by atoms with Crippen molar-refractivity contribution in [3.63, 3.8) is 0 Å². The predicted octanol–water partition coefficient (Wildman–Crippen LogP) is 2.67. The molecule has 0 saturated heterocycles. The lowest BCUT2D eigenvalue weighted by molar-refractivity contribution is 0.101. The molecule has 1 aromatic rings. The van der Waals surface area contributed by atoms with Crippen molar-refractivity contribution in [2.75, 3.05) is 0 Å². The number of halogens is 1. The highest BCUT2D eigenvalue weighted by atomic mass is 127. The van der Waals surface area contributed by atoms with Crippen LogP contribution in [0.1, 0.15) is 28.4 Å². The highest BCUT2D eigenvalue weighted by Crippen LogP contribution is 2.20. The first-order valence-electron chi connectivity index (χ1n) is 3.78. The van der Waals surface area contributed by atoms with E-state index in [2.05, 4.69) is 28.7 Å². The van der Waals surface area contributed by atoms with E-state index in [-0.39, 0.29) is 5.78 Å². The first kappa shape index (κ1) is 10.2. The van der Waals surface area contributed by atoms with Crippen LogP contribution in [0.2, 0.25) is 0 Å². The average molecular weight is 285 g/mol. The Morgan fingerprint density at radius 3 is 2.62 bits per heavy atom. The SMILES string of the molecule is CC(=O)c1ccc(C#N)c(I)c1C. The molecular formula is C10H8INO. The van der Waals surface area contributed by atoms with Crippen LogP contribution in [0.25, 0.3) is 0 Å². The molecule has 0 N–H and O–H groups in total. The second-order valence-electron chi connectivity index (χ2n) is 2.77. The van der Waals surface area contributed by atoms with Gasteiger partial charge in [-0.3, -0.25) is 4.79 Å². The number of Topliss-reactive ketones (excluding diaryl/α,β-unsaturated/α-hetero) is 1. The van der Waals surface area contributed by atoms with Crippen LogP contribution in [-0.2, 0) is 0 Å². The topological polar surface area (TPSA) is 40.9 Å². The molecule has 13 heavy (non-hydrogen) atoms. The van der Waals surface area contributed by atoms with Crippen molar-refractivity contribution in [3.8, 4) is 6.07 Å². The van der Waals surface area contributed by atoms with E-state index in [0.717, 1.165) is 9.13 Å². The van der Waals surface area contributed by atoms with Gasteiger partial charge < -0.3 is 0 Å². The van der Waals surface area contributed by atoms with E-state index >= 15 is 0 Å². The van der Waals surface area contributed by atoms with Crippen LogP contribution in [0.15, 0.2) is 12.1 Å². The van der Waals surface area contributed by atoms with E-state index < -0.39 is 0 Å². The molecule has 2 nitrogen and oxygen atoms in total. The Labute approximate surface area is 90.7 Å². The quantitative estimate of drug-likeness (QED) is 0.588. The number of hydrogen-bond donors (Lipinski definition) is 0. The molecular weight excluding hydrogens is 277 g/mol. The molecule has 0 radical (unpaired) electrons. The summed E-state index contributed by atoms with van der Waals surface area (Å²) in [4.78, 5) is 11.1. The van der Waals surface area contributed by atoms with Crippen molar-refractivity contribution in [2.24, 2.45) is 0 Å². The van der Waals surface area contributed by atoms with Gasteiger partial charge in [-0.15, -0.1) is 0 Å². The molecule has 0 aliphatic carbocycles. The number of hydrogen-bond acceptors (Lipinski definition) is 2. The zero-order valence-electron chi connectivity index (χ0n) is 7.39. The monoisotopic (exact) mass is 285 g/mol. The summed E-state index contributed by atoms with van der Waals surface area (Å²) in [7, 11) is 0. The fourth-order valence-corrected chi connectivity index (χ4v) is 1.74. The Morgan fingerprint density at radius 2 is 2.15 bits per heavy atom. The normalized spacial score (nSPS) is 9.38. The Balaban J connectivity index is 3.42. The Morgan fingerprint density at radius 1 is 1.54 bits per heavy atom. The molecule has 0 amide bonds. The maximum absolute atomic E-state index is 11.1. The van der Waals surface area contributed by atoms with Crippen molar-refractivity contribution in [2.45, 2.75) is 13.8 Å². The molecule has 1 rings (SSSR count). The van der Waals surface area contributed by atoms with Gasteiger partial charge in [0, 0.05) is 9.13 Å². The molecule has 0 spiro atoms. The van der Waals surface area contributed by atoms with Crippen molar-refractivity contribution < 1.29 is 4.79 Å². The number of nitriles is 1. The van der Waals surface area contributed by atoms with Crippen molar-refractivity contribution in [3.05, 3.63) is 32.4 Å². The number of nitrogens with zero attached hydrogens (tertiary/aromatic N) is 1. The Bertz CT molecular complexity index is 404. The third kappa shape index (κ3) is 1.89. The van der Waals surface area contributed by atoms with E-state index in [1.54, 1.807) is 12.1 Å². The van der Waals surface area contributed by atoms with Crippen LogP contribution >= 0.6 is 22.6 Å². The second-order valence-corrected chi connectivity index (χ2v) is 3.85. The Hall–Kier alpha value is -0.890. The zero-order chi connectivity index (χ0) is 10.0. The number of benzene rings is 1. The fraction of sp³-hybridized carbons (Fsp3) is 0.200. The standard InChI is InChI=1S/C10H8INO/c1-6-9(7(2)13)4-3-8(5-12)10(6)11/h3-4H,1-2H3. The molecule has 0 fully saturated rings. The average Bonchev–Trinajstić information content (AvgIpc) is 2.09. The fourth-order valence-electron chi connectivity index (χ4n) is 1.15. The molecule has 66 valence electrons. The van der Waals surface area contributed by atoms with E-state index in [1.807, 2.05) is 6.92 Å². The van der Waals surface area contributed by atoms with Gasteiger partial charge in [-0.25, -0.2) is 0 Å². The van der Waals surface area contributed by atoms with Gasteiger partial charge in [-0.2, -0.15) is 5.26 Å². The molecule has 0 atom stereocenters.